The maximum absolute atomic E-state index is 12.0. The fourth-order valence-corrected chi connectivity index (χ4v) is 2.85. The first-order chi connectivity index (χ1) is 8.87. The van der Waals surface area contributed by atoms with Crippen LogP contribution in [-0.4, -0.2) is 64.9 Å². The summed E-state index contributed by atoms with van der Waals surface area (Å²) in [4.78, 5) is 16.0. The number of carbonyl (C=O) groups is 1. The normalized spacial score (nSPS) is 29.6. The summed E-state index contributed by atoms with van der Waals surface area (Å²) in [5, 5.41) is 10.2. The van der Waals surface area contributed by atoms with E-state index in [0.717, 1.165) is 13.1 Å². The maximum atomic E-state index is 12.0. The van der Waals surface area contributed by atoms with Crippen molar-refractivity contribution in [2.24, 2.45) is 0 Å². The van der Waals surface area contributed by atoms with Gasteiger partial charge in [-0.05, 0) is 46.7 Å². The summed E-state index contributed by atoms with van der Waals surface area (Å²) >= 11 is 0. The highest BCUT2D eigenvalue weighted by atomic mass is 16.6. The van der Waals surface area contributed by atoms with Crippen LogP contribution in [0.5, 0.6) is 0 Å². The van der Waals surface area contributed by atoms with Crippen LogP contribution in [0, 0.1) is 0 Å². The van der Waals surface area contributed by atoms with E-state index in [2.05, 4.69) is 4.90 Å². The third-order valence-electron chi connectivity index (χ3n) is 3.77. The van der Waals surface area contributed by atoms with Crippen LogP contribution in [-0.2, 0) is 4.74 Å². The average Bonchev–Trinajstić information content (AvgIpc) is 2.70. The van der Waals surface area contributed by atoms with E-state index in [-0.39, 0.29) is 12.1 Å². The minimum absolute atomic E-state index is 0.0767. The minimum atomic E-state index is -0.481. The van der Waals surface area contributed by atoms with E-state index >= 15 is 0 Å². The molecule has 2 fully saturated rings. The lowest BCUT2D eigenvalue weighted by molar-refractivity contribution is 0.0269. The molecule has 2 unspecified atom stereocenters. The van der Waals surface area contributed by atoms with Crippen LogP contribution in [0.1, 0.15) is 40.0 Å². The number of likely N-dealkylation sites (tertiary alicyclic amines) is 2. The van der Waals surface area contributed by atoms with Gasteiger partial charge in [0.15, 0.2) is 0 Å². The van der Waals surface area contributed by atoms with E-state index < -0.39 is 11.7 Å². The fourth-order valence-electron chi connectivity index (χ4n) is 2.85. The fraction of sp³-hybridized carbons (Fsp3) is 0.929. The summed E-state index contributed by atoms with van der Waals surface area (Å²) in [6, 6.07) is 0.0767. The van der Waals surface area contributed by atoms with Gasteiger partial charge in [0.2, 0.25) is 0 Å². The molecule has 1 N–H and O–H groups in total. The van der Waals surface area contributed by atoms with Crippen LogP contribution < -0.4 is 0 Å². The molecule has 0 bridgehead atoms. The highest BCUT2D eigenvalue weighted by molar-refractivity contribution is 5.68. The zero-order chi connectivity index (χ0) is 14.0. The molecule has 0 aromatic heterocycles. The van der Waals surface area contributed by atoms with Gasteiger partial charge in [0.1, 0.15) is 5.60 Å². The Bertz CT molecular complexity index is 321. The minimum Gasteiger partial charge on any atom is -0.444 e. The Morgan fingerprint density at radius 3 is 2.37 bits per heavy atom. The SMILES string of the molecule is CC(C)(C)OC(=O)N1CC(O)C(N2CCCCC2)C1. The molecule has 2 aliphatic rings. The lowest BCUT2D eigenvalue weighted by atomic mass is 10.1. The topological polar surface area (TPSA) is 53.0 Å². The molecule has 0 saturated carbocycles. The molecule has 2 atom stereocenters. The van der Waals surface area contributed by atoms with Gasteiger partial charge in [-0.15, -0.1) is 0 Å². The molecular weight excluding hydrogens is 244 g/mol. The Morgan fingerprint density at radius 1 is 1.16 bits per heavy atom. The van der Waals surface area contributed by atoms with Crippen LogP contribution >= 0.6 is 0 Å². The number of ether oxygens (including phenoxy) is 1. The second-order valence-corrected chi connectivity index (χ2v) is 6.62. The number of aliphatic hydroxyl groups excluding tert-OH is 1. The highest BCUT2D eigenvalue weighted by Gasteiger charge is 2.39. The number of piperidine rings is 1. The molecule has 1 amide bonds. The number of nitrogens with zero attached hydrogens (tertiary/aromatic N) is 2. The predicted octanol–water partition coefficient (Wildman–Crippen LogP) is 1.45. The van der Waals surface area contributed by atoms with Crippen molar-refractivity contribution in [3.8, 4) is 0 Å². The van der Waals surface area contributed by atoms with Gasteiger partial charge < -0.3 is 14.7 Å². The molecule has 2 saturated heterocycles. The maximum Gasteiger partial charge on any atom is 0.410 e. The monoisotopic (exact) mass is 270 g/mol. The van der Waals surface area contributed by atoms with E-state index in [4.69, 9.17) is 4.74 Å². The van der Waals surface area contributed by atoms with Crippen molar-refractivity contribution in [1.82, 2.24) is 9.80 Å². The Hall–Kier alpha value is -0.810. The lowest BCUT2D eigenvalue weighted by Crippen LogP contribution is -2.46. The van der Waals surface area contributed by atoms with Crippen molar-refractivity contribution >= 4 is 6.09 Å². The zero-order valence-corrected chi connectivity index (χ0v) is 12.3. The molecule has 2 aliphatic heterocycles. The quantitative estimate of drug-likeness (QED) is 0.783. The van der Waals surface area contributed by atoms with Crippen molar-refractivity contribution in [2.45, 2.75) is 57.8 Å². The van der Waals surface area contributed by atoms with Crippen molar-refractivity contribution in [3.63, 3.8) is 0 Å². The summed E-state index contributed by atoms with van der Waals surface area (Å²) in [5.41, 5.74) is -0.481. The smallest absolute Gasteiger partial charge is 0.410 e. The number of aliphatic hydroxyl groups is 1. The first kappa shape index (κ1) is 14.6. The van der Waals surface area contributed by atoms with E-state index in [1.165, 1.54) is 19.3 Å². The molecule has 5 nitrogen and oxygen atoms in total. The molecule has 110 valence electrons. The Kier molecular flexibility index (Phi) is 4.36. The van der Waals surface area contributed by atoms with E-state index in [0.29, 0.717) is 13.1 Å². The van der Waals surface area contributed by atoms with Crippen LogP contribution in [0.3, 0.4) is 0 Å². The van der Waals surface area contributed by atoms with E-state index in [1.54, 1.807) is 4.90 Å². The van der Waals surface area contributed by atoms with Gasteiger partial charge in [0.25, 0.3) is 0 Å². The predicted molar refractivity (Wildman–Crippen MR) is 73.0 cm³/mol. The zero-order valence-electron chi connectivity index (χ0n) is 12.3. The van der Waals surface area contributed by atoms with Gasteiger partial charge in [0.05, 0.1) is 18.7 Å². The number of carbonyl (C=O) groups excluding carboxylic acids is 1. The molecule has 0 aromatic carbocycles. The molecule has 2 heterocycles. The molecule has 5 heteroatoms. The molecule has 0 aliphatic carbocycles. The molecule has 2 rings (SSSR count). The molecule has 0 spiro atoms. The lowest BCUT2D eigenvalue weighted by Gasteiger charge is -2.33. The van der Waals surface area contributed by atoms with Crippen molar-refractivity contribution in [2.75, 3.05) is 26.2 Å². The summed E-state index contributed by atoms with van der Waals surface area (Å²) in [7, 11) is 0. The molecule has 0 aromatic rings. The molecule has 19 heavy (non-hydrogen) atoms. The Labute approximate surface area is 115 Å². The standard InChI is InChI=1S/C14H26N2O3/c1-14(2,3)19-13(18)16-9-11(12(17)10-16)15-7-5-4-6-8-15/h11-12,17H,4-10H2,1-3H3. The van der Waals surface area contributed by atoms with E-state index in [1.807, 2.05) is 20.8 Å². The van der Waals surface area contributed by atoms with Crippen molar-refractivity contribution in [1.29, 1.82) is 0 Å². The van der Waals surface area contributed by atoms with Crippen LogP contribution in [0.25, 0.3) is 0 Å². The summed E-state index contributed by atoms with van der Waals surface area (Å²) < 4.78 is 5.36. The highest BCUT2D eigenvalue weighted by Crippen LogP contribution is 2.22. The number of β-amino-alcohol motifs (C(OH)–C–C–N with tert-alkyl or cyclic N) is 1. The number of amides is 1. The van der Waals surface area contributed by atoms with Crippen LogP contribution in [0.15, 0.2) is 0 Å². The van der Waals surface area contributed by atoms with Crippen molar-refractivity contribution < 1.29 is 14.6 Å². The van der Waals surface area contributed by atoms with Gasteiger partial charge in [-0.2, -0.15) is 0 Å². The van der Waals surface area contributed by atoms with E-state index in [9.17, 15) is 9.90 Å². The van der Waals surface area contributed by atoms with Gasteiger partial charge in [-0.1, -0.05) is 6.42 Å². The summed E-state index contributed by atoms with van der Waals surface area (Å²) in [5.74, 6) is 0. The summed E-state index contributed by atoms with van der Waals surface area (Å²) in [6.07, 6.45) is 2.89. The molecular formula is C14H26N2O3. The van der Waals surface area contributed by atoms with Gasteiger partial charge in [-0.25, -0.2) is 4.79 Å². The van der Waals surface area contributed by atoms with Crippen molar-refractivity contribution in [3.05, 3.63) is 0 Å². The van der Waals surface area contributed by atoms with Gasteiger partial charge in [-0.3, -0.25) is 4.90 Å². The van der Waals surface area contributed by atoms with Crippen LogP contribution in [0.4, 0.5) is 4.79 Å². The Morgan fingerprint density at radius 2 is 1.79 bits per heavy atom. The largest absolute Gasteiger partial charge is 0.444 e. The Balaban J connectivity index is 1.91. The number of hydrogen-bond donors (Lipinski definition) is 1. The van der Waals surface area contributed by atoms with Crippen LogP contribution in [0.2, 0.25) is 0 Å². The van der Waals surface area contributed by atoms with Gasteiger partial charge in [0, 0.05) is 6.54 Å². The summed E-state index contributed by atoms with van der Waals surface area (Å²) in [6.45, 7) is 8.61. The second-order valence-electron chi connectivity index (χ2n) is 6.62. The molecule has 0 radical (unpaired) electrons. The third-order valence-corrected chi connectivity index (χ3v) is 3.77. The first-order valence-electron chi connectivity index (χ1n) is 7.27. The number of hydrogen-bond acceptors (Lipinski definition) is 4. The number of rotatable bonds is 1. The second kappa shape index (κ2) is 5.67. The van der Waals surface area contributed by atoms with Gasteiger partial charge >= 0.3 is 6.09 Å². The third kappa shape index (κ3) is 3.83. The first-order valence-corrected chi connectivity index (χ1v) is 7.27. The average molecular weight is 270 g/mol.